The quantitative estimate of drug-likeness (QED) is 0.338. The van der Waals surface area contributed by atoms with Crippen molar-refractivity contribution in [2.45, 2.75) is 32.6 Å². The second kappa shape index (κ2) is 7.37. The zero-order chi connectivity index (χ0) is 19.8. The molecule has 0 aromatic heterocycles. The van der Waals surface area contributed by atoms with Crippen LogP contribution in [0.2, 0.25) is 0 Å². The average molecular weight is 375 g/mol. The highest BCUT2D eigenvalue weighted by atomic mass is 14.3. The first kappa shape index (κ1) is 17.9. The van der Waals surface area contributed by atoms with Crippen LogP contribution in [0.5, 0.6) is 0 Å². The van der Waals surface area contributed by atoms with E-state index in [4.69, 9.17) is 0 Å². The van der Waals surface area contributed by atoms with E-state index in [2.05, 4.69) is 105 Å². The standard InChI is InChI=1S/C29H26/c1-20-10-12-22(13-11-20)23-14-16-24(17-15-23)27-8-5-9-28(29(27)25-18-19-25)26-7-4-3-6-21(26)2/h3-17,25H,18-19H2,1-2H3. The summed E-state index contributed by atoms with van der Waals surface area (Å²) in [6.45, 7) is 4.35. The molecule has 29 heavy (non-hydrogen) atoms. The van der Waals surface area contributed by atoms with Gasteiger partial charge < -0.3 is 0 Å². The molecule has 0 heteroatoms. The first-order valence-electron chi connectivity index (χ1n) is 10.6. The molecule has 1 fully saturated rings. The summed E-state index contributed by atoms with van der Waals surface area (Å²) in [7, 11) is 0. The van der Waals surface area contributed by atoms with Crippen molar-refractivity contribution in [1.82, 2.24) is 0 Å². The fraction of sp³-hybridized carbons (Fsp3) is 0.172. The van der Waals surface area contributed by atoms with Crippen LogP contribution in [0.15, 0.2) is 91.0 Å². The predicted molar refractivity (Wildman–Crippen MR) is 124 cm³/mol. The topological polar surface area (TPSA) is 0 Å². The first-order valence-corrected chi connectivity index (χ1v) is 10.6. The van der Waals surface area contributed by atoms with Gasteiger partial charge >= 0.3 is 0 Å². The summed E-state index contributed by atoms with van der Waals surface area (Å²) in [5.74, 6) is 0.692. The van der Waals surface area contributed by atoms with Crippen molar-refractivity contribution in [2.24, 2.45) is 0 Å². The molecule has 0 heterocycles. The fourth-order valence-corrected chi connectivity index (χ4v) is 4.33. The summed E-state index contributed by atoms with van der Waals surface area (Å²) >= 11 is 0. The maximum absolute atomic E-state index is 2.31. The van der Waals surface area contributed by atoms with E-state index in [-0.39, 0.29) is 0 Å². The molecule has 0 atom stereocenters. The molecule has 1 aliphatic rings. The highest BCUT2D eigenvalue weighted by Crippen LogP contribution is 2.49. The molecular formula is C29H26. The maximum atomic E-state index is 2.31. The second-order valence-electron chi connectivity index (χ2n) is 8.30. The van der Waals surface area contributed by atoms with Crippen LogP contribution >= 0.6 is 0 Å². The van der Waals surface area contributed by atoms with Gasteiger partial charge in [0.1, 0.15) is 0 Å². The number of aryl methyl sites for hydroxylation is 2. The Bertz CT molecular complexity index is 1140. The Labute approximate surface area is 173 Å². The van der Waals surface area contributed by atoms with Crippen LogP contribution in [0.4, 0.5) is 0 Å². The van der Waals surface area contributed by atoms with Gasteiger partial charge in [-0.2, -0.15) is 0 Å². The van der Waals surface area contributed by atoms with Crippen molar-refractivity contribution in [2.75, 3.05) is 0 Å². The predicted octanol–water partition coefficient (Wildman–Crippen LogP) is 8.18. The fourth-order valence-electron chi connectivity index (χ4n) is 4.33. The van der Waals surface area contributed by atoms with Crippen molar-refractivity contribution in [3.8, 4) is 33.4 Å². The highest BCUT2D eigenvalue weighted by Gasteiger charge is 2.29. The van der Waals surface area contributed by atoms with Gasteiger partial charge in [-0.3, -0.25) is 0 Å². The van der Waals surface area contributed by atoms with Gasteiger partial charge in [-0.1, -0.05) is 96.6 Å². The molecular weight excluding hydrogens is 348 g/mol. The normalized spacial score (nSPS) is 13.4. The molecule has 0 saturated heterocycles. The SMILES string of the molecule is Cc1ccc(-c2ccc(-c3cccc(-c4ccccc4C)c3C3CC3)cc2)cc1. The highest BCUT2D eigenvalue weighted by molar-refractivity contribution is 5.82. The molecule has 1 aliphatic carbocycles. The van der Waals surface area contributed by atoms with Crippen molar-refractivity contribution in [3.63, 3.8) is 0 Å². The van der Waals surface area contributed by atoms with E-state index in [0.29, 0.717) is 5.92 Å². The molecule has 0 nitrogen and oxygen atoms in total. The molecule has 142 valence electrons. The van der Waals surface area contributed by atoms with Gasteiger partial charge in [0, 0.05) is 0 Å². The lowest BCUT2D eigenvalue weighted by Crippen LogP contribution is -1.94. The Kier molecular flexibility index (Phi) is 4.56. The average Bonchev–Trinajstić information content (AvgIpc) is 3.60. The van der Waals surface area contributed by atoms with E-state index < -0.39 is 0 Å². The minimum atomic E-state index is 0.692. The molecule has 5 rings (SSSR count). The van der Waals surface area contributed by atoms with Crippen LogP contribution in [0.1, 0.15) is 35.4 Å². The number of benzene rings is 4. The summed E-state index contributed by atoms with van der Waals surface area (Å²) < 4.78 is 0. The van der Waals surface area contributed by atoms with Gasteiger partial charge in [0.25, 0.3) is 0 Å². The largest absolute Gasteiger partial charge is 0.0620 e. The third-order valence-electron chi connectivity index (χ3n) is 6.11. The van der Waals surface area contributed by atoms with E-state index in [1.165, 1.54) is 62.9 Å². The molecule has 0 aliphatic heterocycles. The van der Waals surface area contributed by atoms with Crippen molar-refractivity contribution >= 4 is 0 Å². The molecule has 0 amide bonds. The van der Waals surface area contributed by atoms with Crippen molar-refractivity contribution in [1.29, 1.82) is 0 Å². The Morgan fingerprint density at radius 3 is 1.72 bits per heavy atom. The third kappa shape index (κ3) is 3.51. The molecule has 0 spiro atoms. The van der Waals surface area contributed by atoms with Crippen LogP contribution in [0.25, 0.3) is 33.4 Å². The third-order valence-corrected chi connectivity index (χ3v) is 6.11. The molecule has 4 aromatic carbocycles. The van der Waals surface area contributed by atoms with Gasteiger partial charge in [0.15, 0.2) is 0 Å². The zero-order valence-electron chi connectivity index (χ0n) is 17.2. The maximum Gasteiger partial charge on any atom is -0.0140 e. The lowest BCUT2D eigenvalue weighted by molar-refractivity contribution is 1.13. The molecule has 0 unspecified atom stereocenters. The van der Waals surface area contributed by atoms with Crippen LogP contribution in [0.3, 0.4) is 0 Å². The zero-order valence-corrected chi connectivity index (χ0v) is 17.2. The van der Waals surface area contributed by atoms with Gasteiger partial charge in [-0.15, -0.1) is 0 Å². The summed E-state index contributed by atoms with van der Waals surface area (Å²) in [5, 5.41) is 0. The smallest absolute Gasteiger partial charge is 0.0140 e. The number of rotatable bonds is 4. The van der Waals surface area contributed by atoms with Crippen LogP contribution < -0.4 is 0 Å². The first-order chi connectivity index (χ1) is 14.2. The Hall–Kier alpha value is -3.12. The van der Waals surface area contributed by atoms with E-state index in [9.17, 15) is 0 Å². The van der Waals surface area contributed by atoms with E-state index in [0.717, 1.165) is 0 Å². The summed E-state index contributed by atoms with van der Waals surface area (Å²) in [5.41, 5.74) is 12.2. The van der Waals surface area contributed by atoms with Crippen LogP contribution in [-0.4, -0.2) is 0 Å². The Balaban J connectivity index is 1.59. The second-order valence-corrected chi connectivity index (χ2v) is 8.30. The molecule has 0 bridgehead atoms. The molecule has 4 aromatic rings. The van der Waals surface area contributed by atoms with Crippen molar-refractivity contribution < 1.29 is 0 Å². The lowest BCUT2D eigenvalue weighted by Gasteiger charge is -2.17. The lowest BCUT2D eigenvalue weighted by atomic mass is 9.87. The minimum Gasteiger partial charge on any atom is -0.0620 e. The molecule has 0 N–H and O–H groups in total. The Morgan fingerprint density at radius 1 is 0.517 bits per heavy atom. The van der Waals surface area contributed by atoms with E-state index in [1.54, 1.807) is 0 Å². The molecule has 1 saturated carbocycles. The van der Waals surface area contributed by atoms with Crippen LogP contribution in [-0.2, 0) is 0 Å². The minimum absolute atomic E-state index is 0.692. The van der Waals surface area contributed by atoms with Gasteiger partial charge in [-0.05, 0) is 77.1 Å². The van der Waals surface area contributed by atoms with Gasteiger partial charge in [-0.25, -0.2) is 0 Å². The Morgan fingerprint density at radius 2 is 1.07 bits per heavy atom. The van der Waals surface area contributed by atoms with Crippen molar-refractivity contribution in [3.05, 3.63) is 108 Å². The van der Waals surface area contributed by atoms with E-state index in [1.807, 2.05) is 0 Å². The monoisotopic (exact) mass is 374 g/mol. The summed E-state index contributed by atoms with van der Waals surface area (Å²) in [6, 6.07) is 33.5. The van der Waals surface area contributed by atoms with Gasteiger partial charge in [0.2, 0.25) is 0 Å². The summed E-state index contributed by atoms with van der Waals surface area (Å²) in [4.78, 5) is 0. The summed E-state index contributed by atoms with van der Waals surface area (Å²) in [6.07, 6.45) is 2.61. The number of hydrogen-bond acceptors (Lipinski definition) is 0. The van der Waals surface area contributed by atoms with Gasteiger partial charge in [0.05, 0.1) is 0 Å². The van der Waals surface area contributed by atoms with E-state index >= 15 is 0 Å². The number of hydrogen-bond donors (Lipinski definition) is 0. The molecule has 0 radical (unpaired) electrons. The van der Waals surface area contributed by atoms with Crippen LogP contribution in [0, 0.1) is 13.8 Å².